The van der Waals surface area contributed by atoms with Gasteiger partial charge in [-0.25, -0.2) is 0 Å². The van der Waals surface area contributed by atoms with Crippen molar-refractivity contribution in [3.05, 3.63) is 47.3 Å². The van der Waals surface area contributed by atoms with E-state index in [0.717, 1.165) is 5.56 Å². The molecule has 1 heterocycles. The van der Waals surface area contributed by atoms with E-state index in [1.165, 1.54) is 6.20 Å². The number of anilines is 1. The van der Waals surface area contributed by atoms with Gasteiger partial charge in [0.1, 0.15) is 0 Å². The van der Waals surface area contributed by atoms with Crippen molar-refractivity contribution in [2.45, 2.75) is 6.92 Å². The quantitative estimate of drug-likeness (QED) is 0.863. The second-order valence-corrected chi connectivity index (χ2v) is 4.25. The smallest absolute Gasteiger partial charge is 0.258 e. The Labute approximate surface area is 110 Å². The number of primary amides is 1. The summed E-state index contributed by atoms with van der Waals surface area (Å²) in [5, 5.41) is 6.66. The van der Waals surface area contributed by atoms with Crippen molar-refractivity contribution < 1.29 is 9.59 Å². The van der Waals surface area contributed by atoms with Crippen molar-refractivity contribution in [2.24, 2.45) is 12.8 Å². The molecule has 0 aliphatic carbocycles. The Morgan fingerprint density at radius 3 is 2.63 bits per heavy atom. The zero-order valence-corrected chi connectivity index (χ0v) is 10.7. The monoisotopic (exact) mass is 258 g/mol. The zero-order chi connectivity index (χ0) is 14.0. The van der Waals surface area contributed by atoms with Gasteiger partial charge in [0.25, 0.3) is 5.91 Å². The minimum absolute atomic E-state index is 0.280. The molecule has 0 aliphatic rings. The van der Waals surface area contributed by atoms with Crippen molar-refractivity contribution in [3.8, 4) is 0 Å². The number of aromatic nitrogens is 2. The van der Waals surface area contributed by atoms with E-state index >= 15 is 0 Å². The van der Waals surface area contributed by atoms with E-state index < -0.39 is 5.91 Å². The highest BCUT2D eigenvalue weighted by Crippen LogP contribution is 2.17. The van der Waals surface area contributed by atoms with Gasteiger partial charge in [0, 0.05) is 24.5 Å². The number of benzene rings is 1. The fraction of sp³-hybridized carbons (Fsp3) is 0.154. The van der Waals surface area contributed by atoms with Crippen molar-refractivity contribution in [1.82, 2.24) is 9.78 Å². The molecule has 0 unspecified atom stereocenters. The highest BCUT2D eigenvalue weighted by Gasteiger charge is 2.11. The van der Waals surface area contributed by atoms with Crippen LogP contribution in [0.1, 0.15) is 26.3 Å². The lowest BCUT2D eigenvalue weighted by molar-refractivity contribution is 0.0996. The summed E-state index contributed by atoms with van der Waals surface area (Å²) in [6.45, 7) is 1.84. The Balaban J connectivity index is 2.25. The van der Waals surface area contributed by atoms with Crippen LogP contribution in [0.15, 0.2) is 30.6 Å². The predicted molar refractivity (Wildman–Crippen MR) is 70.9 cm³/mol. The van der Waals surface area contributed by atoms with E-state index in [9.17, 15) is 9.59 Å². The molecule has 1 aromatic heterocycles. The van der Waals surface area contributed by atoms with Gasteiger partial charge in [-0.3, -0.25) is 14.3 Å². The molecule has 0 saturated carbocycles. The molecule has 1 aromatic carbocycles. The Morgan fingerprint density at radius 2 is 2.05 bits per heavy atom. The third-order valence-electron chi connectivity index (χ3n) is 2.74. The van der Waals surface area contributed by atoms with E-state index in [2.05, 4.69) is 10.4 Å². The number of aryl methyl sites for hydroxylation is 2. The number of nitrogens with one attached hydrogen (secondary N) is 1. The first-order valence-electron chi connectivity index (χ1n) is 5.68. The highest BCUT2D eigenvalue weighted by atomic mass is 16.2. The van der Waals surface area contributed by atoms with E-state index in [1.54, 1.807) is 36.1 Å². The molecular formula is C13H14N4O2. The minimum atomic E-state index is -0.531. The summed E-state index contributed by atoms with van der Waals surface area (Å²) in [6, 6.07) is 4.92. The van der Waals surface area contributed by atoms with Crippen molar-refractivity contribution >= 4 is 17.5 Å². The van der Waals surface area contributed by atoms with Crippen LogP contribution >= 0.6 is 0 Å². The summed E-state index contributed by atoms with van der Waals surface area (Å²) in [4.78, 5) is 23.1. The average molecular weight is 258 g/mol. The Hall–Kier alpha value is -2.63. The van der Waals surface area contributed by atoms with Gasteiger partial charge in [-0.15, -0.1) is 0 Å². The van der Waals surface area contributed by atoms with E-state index in [4.69, 9.17) is 5.73 Å². The molecule has 0 atom stereocenters. The number of amides is 2. The van der Waals surface area contributed by atoms with E-state index in [1.807, 2.05) is 6.92 Å². The average Bonchev–Trinajstić information content (AvgIpc) is 2.78. The molecule has 98 valence electrons. The van der Waals surface area contributed by atoms with Gasteiger partial charge in [0.2, 0.25) is 5.91 Å². The first-order valence-corrected chi connectivity index (χ1v) is 5.68. The normalized spacial score (nSPS) is 10.2. The van der Waals surface area contributed by atoms with Gasteiger partial charge in [-0.1, -0.05) is 6.07 Å². The number of hydrogen-bond donors (Lipinski definition) is 2. The summed E-state index contributed by atoms with van der Waals surface area (Å²) >= 11 is 0. The molecule has 0 bridgehead atoms. The molecule has 3 N–H and O–H groups in total. The van der Waals surface area contributed by atoms with Crippen LogP contribution in [0, 0.1) is 6.92 Å². The molecule has 0 radical (unpaired) electrons. The third-order valence-corrected chi connectivity index (χ3v) is 2.74. The van der Waals surface area contributed by atoms with Crippen LogP contribution in [0.5, 0.6) is 0 Å². The lowest BCUT2D eigenvalue weighted by Crippen LogP contribution is -2.15. The maximum atomic E-state index is 12.0. The maximum Gasteiger partial charge on any atom is 0.258 e. The number of rotatable bonds is 3. The number of nitrogens with two attached hydrogens (primary N) is 1. The second kappa shape index (κ2) is 4.93. The first-order chi connectivity index (χ1) is 8.97. The first kappa shape index (κ1) is 12.8. The summed E-state index contributed by atoms with van der Waals surface area (Å²) in [5.74, 6) is -0.810. The largest absolute Gasteiger partial charge is 0.366 e. The van der Waals surface area contributed by atoms with Crippen LogP contribution in [0.4, 0.5) is 5.69 Å². The Kier molecular flexibility index (Phi) is 3.33. The zero-order valence-electron chi connectivity index (χ0n) is 10.7. The van der Waals surface area contributed by atoms with Gasteiger partial charge in [-0.2, -0.15) is 5.10 Å². The minimum Gasteiger partial charge on any atom is -0.366 e. The molecule has 2 aromatic rings. The summed E-state index contributed by atoms with van der Waals surface area (Å²) in [7, 11) is 1.73. The van der Waals surface area contributed by atoms with Gasteiger partial charge >= 0.3 is 0 Å². The molecular weight excluding hydrogens is 244 g/mol. The number of nitrogens with zero attached hydrogens (tertiary/aromatic N) is 2. The molecule has 6 nitrogen and oxygen atoms in total. The molecule has 0 fully saturated rings. The lowest BCUT2D eigenvalue weighted by Gasteiger charge is -2.08. The van der Waals surface area contributed by atoms with Crippen LogP contribution < -0.4 is 11.1 Å². The Morgan fingerprint density at radius 1 is 1.32 bits per heavy atom. The summed E-state index contributed by atoms with van der Waals surface area (Å²) in [5.41, 5.74) is 7.43. The number of hydrogen-bond acceptors (Lipinski definition) is 3. The molecule has 0 aliphatic heterocycles. The number of carbonyl (C=O) groups excluding carboxylic acids is 2. The SMILES string of the molecule is Cc1ccc(C(N)=O)cc1NC(=O)c1cnn(C)c1. The van der Waals surface area contributed by atoms with E-state index in [0.29, 0.717) is 16.8 Å². The fourth-order valence-electron chi connectivity index (χ4n) is 1.64. The van der Waals surface area contributed by atoms with Crippen molar-refractivity contribution in [3.63, 3.8) is 0 Å². The van der Waals surface area contributed by atoms with E-state index in [-0.39, 0.29) is 5.91 Å². The van der Waals surface area contributed by atoms with Crippen LogP contribution in [0.3, 0.4) is 0 Å². The Bertz CT molecular complexity index is 646. The summed E-state index contributed by atoms with van der Waals surface area (Å²) in [6.07, 6.45) is 3.09. The fourth-order valence-corrected chi connectivity index (χ4v) is 1.64. The van der Waals surface area contributed by atoms with Gasteiger partial charge < -0.3 is 11.1 Å². The second-order valence-electron chi connectivity index (χ2n) is 4.25. The van der Waals surface area contributed by atoms with Crippen LogP contribution in [0.2, 0.25) is 0 Å². The molecule has 2 rings (SSSR count). The van der Waals surface area contributed by atoms with Gasteiger partial charge in [-0.05, 0) is 24.6 Å². The van der Waals surface area contributed by atoms with Crippen LogP contribution in [0.25, 0.3) is 0 Å². The maximum absolute atomic E-state index is 12.0. The highest BCUT2D eigenvalue weighted by molar-refractivity contribution is 6.05. The molecule has 19 heavy (non-hydrogen) atoms. The molecule has 6 heteroatoms. The van der Waals surface area contributed by atoms with Crippen molar-refractivity contribution in [2.75, 3.05) is 5.32 Å². The molecule has 2 amide bonds. The predicted octanol–water partition coefficient (Wildman–Crippen LogP) is 1.08. The topological polar surface area (TPSA) is 90.0 Å². The molecule has 0 saturated heterocycles. The molecule has 0 spiro atoms. The van der Waals surface area contributed by atoms with Crippen LogP contribution in [-0.4, -0.2) is 21.6 Å². The van der Waals surface area contributed by atoms with Gasteiger partial charge in [0.05, 0.1) is 11.8 Å². The van der Waals surface area contributed by atoms with Crippen molar-refractivity contribution in [1.29, 1.82) is 0 Å². The van der Waals surface area contributed by atoms with Gasteiger partial charge in [0.15, 0.2) is 0 Å². The lowest BCUT2D eigenvalue weighted by atomic mass is 10.1. The third kappa shape index (κ3) is 2.79. The number of carbonyl (C=O) groups is 2. The van der Waals surface area contributed by atoms with Crippen LogP contribution in [-0.2, 0) is 7.05 Å². The summed E-state index contributed by atoms with van der Waals surface area (Å²) < 4.78 is 1.54. The standard InChI is InChI=1S/C13H14N4O2/c1-8-3-4-9(12(14)18)5-11(8)16-13(19)10-6-15-17(2)7-10/h3-7H,1-2H3,(H2,14,18)(H,16,19).